The van der Waals surface area contributed by atoms with Crippen LogP contribution in [-0.4, -0.2) is 28.8 Å². The minimum Gasteiger partial charge on any atom is -0.456 e. The number of fused-ring (bicyclic) bond motifs is 1. The average Bonchev–Trinajstić information content (AvgIpc) is 2.93. The van der Waals surface area contributed by atoms with E-state index in [1.807, 2.05) is 51.1 Å². The summed E-state index contributed by atoms with van der Waals surface area (Å²) in [5.74, 6) is 1.36. The van der Waals surface area contributed by atoms with Crippen LogP contribution in [0.25, 0.3) is 0 Å². The number of aryl methyl sites for hydroxylation is 1. The molecule has 1 aromatic heterocycles. The van der Waals surface area contributed by atoms with E-state index in [1.54, 1.807) is 4.90 Å². The van der Waals surface area contributed by atoms with Crippen LogP contribution in [0.3, 0.4) is 0 Å². The van der Waals surface area contributed by atoms with Crippen molar-refractivity contribution in [2.45, 2.75) is 66.0 Å². The van der Waals surface area contributed by atoms with Gasteiger partial charge in [-0.2, -0.15) is 0 Å². The van der Waals surface area contributed by atoms with Gasteiger partial charge in [0.1, 0.15) is 11.3 Å². The van der Waals surface area contributed by atoms with E-state index in [0.717, 1.165) is 28.9 Å². The summed E-state index contributed by atoms with van der Waals surface area (Å²) >= 11 is 0. The van der Waals surface area contributed by atoms with Crippen LogP contribution in [-0.2, 0) is 17.8 Å². The number of carbonyl (C=O) groups excluding carboxylic acids is 2. The number of furan rings is 1. The summed E-state index contributed by atoms with van der Waals surface area (Å²) in [6.07, 6.45) is 2.11. The Kier molecular flexibility index (Phi) is 6.15. The third-order valence-corrected chi connectivity index (χ3v) is 6.09. The Labute approximate surface area is 173 Å². The summed E-state index contributed by atoms with van der Waals surface area (Å²) < 4.78 is 5.86. The standard InChI is InChI=1S/C24H32N2O3/c1-16(2)12-14-25-23(28)24(5)13-11-20-17(3)18(4)29-21(20)22(27)26(24)15-19-9-7-6-8-10-19/h6-10,16H,11-15H2,1-5H3,(H,25,28). The highest BCUT2D eigenvalue weighted by molar-refractivity contribution is 5.99. The predicted molar refractivity (Wildman–Crippen MR) is 114 cm³/mol. The van der Waals surface area contributed by atoms with Crippen LogP contribution in [0, 0.1) is 19.8 Å². The van der Waals surface area contributed by atoms with Crippen molar-refractivity contribution < 1.29 is 14.0 Å². The van der Waals surface area contributed by atoms with Gasteiger partial charge in [-0.3, -0.25) is 9.59 Å². The van der Waals surface area contributed by atoms with Gasteiger partial charge in [0.05, 0.1) is 0 Å². The lowest BCUT2D eigenvalue weighted by Crippen LogP contribution is -2.58. The molecule has 1 aromatic carbocycles. The number of hydrogen-bond donors (Lipinski definition) is 1. The third-order valence-electron chi connectivity index (χ3n) is 6.09. The zero-order valence-electron chi connectivity index (χ0n) is 18.2. The molecule has 29 heavy (non-hydrogen) atoms. The van der Waals surface area contributed by atoms with E-state index in [2.05, 4.69) is 19.2 Å². The van der Waals surface area contributed by atoms with E-state index >= 15 is 0 Å². The molecule has 0 fully saturated rings. The molecule has 0 saturated carbocycles. The second kappa shape index (κ2) is 8.44. The molecule has 1 aliphatic rings. The molecule has 0 spiro atoms. The Morgan fingerprint density at radius 1 is 1.24 bits per heavy atom. The Morgan fingerprint density at radius 2 is 1.93 bits per heavy atom. The van der Waals surface area contributed by atoms with Crippen molar-refractivity contribution in [3.05, 3.63) is 58.5 Å². The topological polar surface area (TPSA) is 62.6 Å². The van der Waals surface area contributed by atoms with Gasteiger partial charge in [0.2, 0.25) is 5.91 Å². The van der Waals surface area contributed by atoms with Crippen molar-refractivity contribution in [3.63, 3.8) is 0 Å². The molecule has 2 amide bonds. The highest BCUT2D eigenvalue weighted by Crippen LogP contribution is 2.35. The average molecular weight is 397 g/mol. The third kappa shape index (κ3) is 4.24. The van der Waals surface area contributed by atoms with Gasteiger partial charge >= 0.3 is 0 Å². The highest BCUT2D eigenvalue weighted by atomic mass is 16.4. The molecule has 0 aliphatic carbocycles. The normalized spacial score (nSPS) is 19.2. The number of carbonyl (C=O) groups is 2. The lowest BCUT2D eigenvalue weighted by atomic mass is 9.90. The van der Waals surface area contributed by atoms with Crippen LogP contribution in [0.4, 0.5) is 0 Å². The van der Waals surface area contributed by atoms with Crippen LogP contribution in [0.5, 0.6) is 0 Å². The Bertz CT molecular complexity index is 885. The molecule has 5 heteroatoms. The van der Waals surface area contributed by atoms with Crippen molar-refractivity contribution in [1.82, 2.24) is 10.2 Å². The summed E-state index contributed by atoms with van der Waals surface area (Å²) in [7, 11) is 0. The first-order valence-electron chi connectivity index (χ1n) is 10.5. The minimum absolute atomic E-state index is 0.0954. The molecule has 0 bridgehead atoms. The molecule has 1 unspecified atom stereocenters. The van der Waals surface area contributed by atoms with Gasteiger partial charge in [-0.15, -0.1) is 0 Å². The molecule has 2 aromatic rings. The van der Waals surface area contributed by atoms with Crippen LogP contribution in [0.15, 0.2) is 34.7 Å². The Hall–Kier alpha value is -2.56. The number of amides is 2. The van der Waals surface area contributed by atoms with E-state index in [9.17, 15) is 9.59 Å². The van der Waals surface area contributed by atoms with Gasteiger partial charge in [-0.1, -0.05) is 44.2 Å². The smallest absolute Gasteiger partial charge is 0.291 e. The van der Waals surface area contributed by atoms with Crippen LogP contribution < -0.4 is 5.32 Å². The van der Waals surface area contributed by atoms with Crippen molar-refractivity contribution in [1.29, 1.82) is 0 Å². The van der Waals surface area contributed by atoms with E-state index < -0.39 is 5.54 Å². The fourth-order valence-corrected chi connectivity index (χ4v) is 3.91. The summed E-state index contributed by atoms with van der Waals surface area (Å²) in [6, 6.07) is 9.81. The SMILES string of the molecule is Cc1oc2c(c1C)CCC(C)(C(=O)NCCC(C)C)N(Cc1ccccc1)C2=O. The highest BCUT2D eigenvalue weighted by Gasteiger charge is 2.46. The zero-order valence-corrected chi connectivity index (χ0v) is 18.2. The lowest BCUT2D eigenvalue weighted by Gasteiger charge is -2.38. The first-order valence-corrected chi connectivity index (χ1v) is 10.5. The van der Waals surface area contributed by atoms with Gasteiger partial charge in [-0.05, 0) is 57.1 Å². The van der Waals surface area contributed by atoms with Crippen molar-refractivity contribution in [3.8, 4) is 0 Å². The molecule has 0 radical (unpaired) electrons. The fourth-order valence-electron chi connectivity index (χ4n) is 3.91. The number of benzene rings is 1. The van der Waals surface area contributed by atoms with Crippen molar-refractivity contribution in [2.24, 2.45) is 5.92 Å². The second-order valence-electron chi connectivity index (χ2n) is 8.68. The van der Waals surface area contributed by atoms with Gasteiger partial charge < -0.3 is 14.6 Å². The number of hydrogen-bond acceptors (Lipinski definition) is 3. The predicted octanol–water partition coefficient (Wildman–Crippen LogP) is 4.41. The monoisotopic (exact) mass is 396 g/mol. The van der Waals surface area contributed by atoms with Crippen LogP contribution in [0.1, 0.15) is 66.6 Å². The zero-order chi connectivity index (χ0) is 21.2. The molecule has 1 atom stereocenters. The van der Waals surface area contributed by atoms with E-state index in [1.165, 1.54) is 0 Å². The van der Waals surface area contributed by atoms with Gasteiger partial charge in [-0.25, -0.2) is 0 Å². The molecule has 5 nitrogen and oxygen atoms in total. The van der Waals surface area contributed by atoms with E-state index in [0.29, 0.717) is 37.6 Å². The summed E-state index contributed by atoms with van der Waals surface area (Å²) in [5.41, 5.74) is 2.00. The number of nitrogens with zero attached hydrogens (tertiary/aromatic N) is 1. The molecule has 2 heterocycles. The molecule has 156 valence electrons. The van der Waals surface area contributed by atoms with Crippen molar-refractivity contribution >= 4 is 11.8 Å². The molecule has 1 aliphatic heterocycles. The summed E-state index contributed by atoms with van der Waals surface area (Å²) in [5, 5.41) is 3.07. The summed E-state index contributed by atoms with van der Waals surface area (Å²) in [6.45, 7) is 11.0. The van der Waals surface area contributed by atoms with Gasteiger partial charge in [0.15, 0.2) is 5.76 Å². The molecule has 3 rings (SSSR count). The van der Waals surface area contributed by atoms with Crippen LogP contribution in [0.2, 0.25) is 0 Å². The van der Waals surface area contributed by atoms with Gasteiger partial charge in [0, 0.05) is 18.7 Å². The molecular formula is C24H32N2O3. The second-order valence-corrected chi connectivity index (χ2v) is 8.68. The Balaban J connectivity index is 1.96. The van der Waals surface area contributed by atoms with E-state index in [4.69, 9.17) is 4.42 Å². The molecule has 0 saturated heterocycles. The fraction of sp³-hybridized carbons (Fsp3) is 0.500. The maximum absolute atomic E-state index is 13.6. The van der Waals surface area contributed by atoms with Crippen molar-refractivity contribution in [2.75, 3.05) is 6.54 Å². The molecular weight excluding hydrogens is 364 g/mol. The minimum atomic E-state index is -0.939. The Morgan fingerprint density at radius 3 is 2.59 bits per heavy atom. The maximum atomic E-state index is 13.6. The number of nitrogens with one attached hydrogen (secondary N) is 1. The lowest BCUT2D eigenvalue weighted by molar-refractivity contribution is -0.132. The maximum Gasteiger partial charge on any atom is 0.291 e. The van der Waals surface area contributed by atoms with E-state index in [-0.39, 0.29) is 11.8 Å². The summed E-state index contributed by atoms with van der Waals surface area (Å²) in [4.78, 5) is 28.5. The number of rotatable bonds is 6. The first-order chi connectivity index (χ1) is 13.7. The van der Waals surface area contributed by atoms with Crippen LogP contribution >= 0.6 is 0 Å². The largest absolute Gasteiger partial charge is 0.456 e. The molecule has 1 N–H and O–H groups in total. The quantitative estimate of drug-likeness (QED) is 0.787. The van der Waals surface area contributed by atoms with Gasteiger partial charge in [0.25, 0.3) is 5.91 Å². The first kappa shape index (κ1) is 21.2.